The molecule has 3 amide bonds. The van der Waals surface area contributed by atoms with Gasteiger partial charge in [-0.25, -0.2) is 4.79 Å². The molecule has 0 radical (unpaired) electrons. The lowest BCUT2D eigenvalue weighted by Crippen LogP contribution is -2.45. The van der Waals surface area contributed by atoms with E-state index in [2.05, 4.69) is 5.32 Å². The SMILES string of the molecule is CC(C(=O)OCC(=O)NCC1CCCCC1)N1C(=O)C2CCCCC2C1=O. The Morgan fingerprint density at radius 2 is 1.56 bits per heavy atom. The summed E-state index contributed by atoms with van der Waals surface area (Å²) in [7, 11) is 0. The van der Waals surface area contributed by atoms with Crippen LogP contribution in [0.25, 0.3) is 0 Å². The van der Waals surface area contributed by atoms with Crippen LogP contribution in [0.3, 0.4) is 0 Å². The number of carbonyl (C=O) groups excluding carboxylic acids is 4. The lowest BCUT2D eigenvalue weighted by molar-refractivity contribution is -0.159. The summed E-state index contributed by atoms with van der Waals surface area (Å²) in [5.41, 5.74) is 0. The molecule has 0 spiro atoms. The Balaban J connectivity index is 1.45. The summed E-state index contributed by atoms with van der Waals surface area (Å²) in [4.78, 5) is 50.3. The molecule has 3 unspecified atom stereocenters. The lowest BCUT2D eigenvalue weighted by atomic mass is 9.81. The second kappa shape index (κ2) is 8.85. The Hall–Kier alpha value is -1.92. The molecular weight excluding hydrogens is 348 g/mol. The number of carbonyl (C=O) groups is 4. The zero-order chi connectivity index (χ0) is 19.4. The minimum absolute atomic E-state index is 0.268. The third-order valence-electron chi connectivity index (χ3n) is 6.26. The molecule has 7 heteroatoms. The first kappa shape index (κ1) is 19.8. The summed E-state index contributed by atoms with van der Waals surface area (Å²) in [6.45, 7) is 1.73. The van der Waals surface area contributed by atoms with Gasteiger partial charge in [0.15, 0.2) is 6.61 Å². The largest absolute Gasteiger partial charge is 0.454 e. The van der Waals surface area contributed by atoms with E-state index in [4.69, 9.17) is 4.74 Å². The molecule has 3 atom stereocenters. The quantitative estimate of drug-likeness (QED) is 0.562. The van der Waals surface area contributed by atoms with Crippen LogP contribution in [0.5, 0.6) is 0 Å². The van der Waals surface area contributed by atoms with Gasteiger partial charge in [-0.1, -0.05) is 32.1 Å². The number of esters is 1. The molecular formula is C20H30N2O5. The van der Waals surface area contributed by atoms with Gasteiger partial charge in [0.05, 0.1) is 11.8 Å². The second-order valence-corrected chi connectivity index (χ2v) is 8.14. The highest BCUT2D eigenvalue weighted by molar-refractivity contribution is 6.07. The molecule has 1 N–H and O–H groups in total. The third-order valence-corrected chi connectivity index (χ3v) is 6.26. The van der Waals surface area contributed by atoms with E-state index in [1.807, 2.05) is 0 Å². The monoisotopic (exact) mass is 378 g/mol. The molecule has 27 heavy (non-hydrogen) atoms. The zero-order valence-corrected chi connectivity index (χ0v) is 16.1. The van der Waals surface area contributed by atoms with Gasteiger partial charge in [-0.15, -0.1) is 0 Å². The number of nitrogens with one attached hydrogen (secondary N) is 1. The maximum atomic E-state index is 12.5. The van der Waals surface area contributed by atoms with Crippen LogP contribution in [0.15, 0.2) is 0 Å². The van der Waals surface area contributed by atoms with Crippen molar-refractivity contribution in [2.45, 2.75) is 70.8 Å². The maximum absolute atomic E-state index is 12.5. The normalized spacial score (nSPS) is 27.2. The number of amides is 3. The highest BCUT2D eigenvalue weighted by Crippen LogP contribution is 2.38. The van der Waals surface area contributed by atoms with E-state index in [0.29, 0.717) is 25.3 Å². The van der Waals surface area contributed by atoms with E-state index >= 15 is 0 Å². The molecule has 3 rings (SSSR count). The lowest BCUT2D eigenvalue weighted by Gasteiger charge is -2.22. The Morgan fingerprint density at radius 3 is 2.15 bits per heavy atom. The molecule has 1 aliphatic heterocycles. The summed E-state index contributed by atoms with van der Waals surface area (Å²) in [6, 6.07) is -0.984. The summed E-state index contributed by atoms with van der Waals surface area (Å²) < 4.78 is 5.07. The Bertz CT molecular complexity index is 575. The Morgan fingerprint density at radius 1 is 1.00 bits per heavy atom. The fourth-order valence-electron chi connectivity index (χ4n) is 4.63. The molecule has 0 aromatic rings. The number of hydrogen-bond donors (Lipinski definition) is 1. The van der Waals surface area contributed by atoms with Crippen molar-refractivity contribution >= 4 is 23.7 Å². The maximum Gasteiger partial charge on any atom is 0.329 e. The van der Waals surface area contributed by atoms with Crippen LogP contribution >= 0.6 is 0 Å². The molecule has 2 aliphatic carbocycles. The van der Waals surface area contributed by atoms with Gasteiger partial charge >= 0.3 is 5.97 Å². The molecule has 150 valence electrons. The number of imide groups is 1. The third kappa shape index (κ3) is 4.50. The average Bonchev–Trinajstić information content (AvgIpc) is 2.95. The van der Waals surface area contributed by atoms with E-state index in [1.54, 1.807) is 0 Å². The topological polar surface area (TPSA) is 92.8 Å². The molecule has 0 bridgehead atoms. The second-order valence-electron chi connectivity index (χ2n) is 8.14. The van der Waals surface area contributed by atoms with Crippen molar-refractivity contribution in [2.24, 2.45) is 17.8 Å². The summed E-state index contributed by atoms with van der Waals surface area (Å²) in [6.07, 6.45) is 9.20. The van der Waals surface area contributed by atoms with Crippen LogP contribution in [-0.2, 0) is 23.9 Å². The summed E-state index contributed by atoms with van der Waals surface area (Å²) >= 11 is 0. The van der Waals surface area contributed by atoms with Crippen LogP contribution in [0, 0.1) is 17.8 Å². The van der Waals surface area contributed by atoms with Crippen molar-refractivity contribution < 1.29 is 23.9 Å². The van der Waals surface area contributed by atoms with Gasteiger partial charge in [-0.3, -0.25) is 19.3 Å². The first-order chi connectivity index (χ1) is 13.0. The van der Waals surface area contributed by atoms with E-state index < -0.39 is 12.0 Å². The highest BCUT2D eigenvalue weighted by atomic mass is 16.5. The molecule has 3 aliphatic rings. The van der Waals surface area contributed by atoms with Crippen molar-refractivity contribution in [3.8, 4) is 0 Å². The van der Waals surface area contributed by atoms with Gasteiger partial charge in [0.1, 0.15) is 6.04 Å². The fourth-order valence-corrected chi connectivity index (χ4v) is 4.63. The molecule has 0 aromatic heterocycles. The highest BCUT2D eigenvalue weighted by Gasteiger charge is 2.51. The smallest absolute Gasteiger partial charge is 0.329 e. The Labute approximate surface area is 160 Å². The van der Waals surface area contributed by atoms with Crippen molar-refractivity contribution in [3.05, 3.63) is 0 Å². The van der Waals surface area contributed by atoms with Crippen molar-refractivity contribution in [2.75, 3.05) is 13.2 Å². The standard InChI is InChI=1S/C20H30N2O5/c1-13(22-18(24)15-9-5-6-10-16(15)19(22)25)20(26)27-12-17(23)21-11-14-7-3-2-4-8-14/h13-16H,2-12H2,1H3,(H,21,23). The number of likely N-dealkylation sites (tertiary alicyclic amines) is 1. The first-order valence-corrected chi connectivity index (χ1v) is 10.3. The van der Waals surface area contributed by atoms with E-state index in [1.165, 1.54) is 26.2 Å². The zero-order valence-electron chi connectivity index (χ0n) is 16.1. The van der Waals surface area contributed by atoms with Gasteiger partial charge in [0, 0.05) is 6.54 Å². The predicted octanol–water partition coefficient (Wildman–Crippen LogP) is 1.79. The van der Waals surface area contributed by atoms with Gasteiger partial charge in [0.2, 0.25) is 11.8 Å². The number of ether oxygens (including phenoxy) is 1. The van der Waals surface area contributed by atoms with Crippen LogP contribution in [0.4, 0.5) is 0 Å². The van der Waals surface area contributed by atoms with Gasteiger partial charge in [-0.2, -0.15) is 0 Å². The minimum Gasteiger partial charge on any atom is -0.454 e. The molecule has 7 nitrogen and oxygen atoms in total. The molecule has 2 saturated carbocycles. The fraction of sp³-hybridized carbons (Fsp3) is 0.800. The first-order valence-electron chi connectivity index (χ1n) is 10.3. The van der Waals surface area contributed by atoms with Crippen LogP contribution in [-0.4, -0.2) is 47.8 Å². The van der Waals surface area contributed by atoms with Gasteiger partial charge < -0.3 is 10.1 Å². The van der Waals surface area contributed by atoms with Crippen molar-refractivity contribution in [3.63, 3.8) is 0 Å². The van der Waals surface area contributed by atoms with Crippen LogP contribution < -0.4 is 5.32 Å². The van der Waals surface area contributed by atoms with E-state index in [9.17, 15) is 19.2 Å². The van der Waals surface area contributed by atoms with E-state index in [-0.39, 0.29) is 36.2 Å². The number of rotatable bonds is 6. The number of hydrogen-bond acceptors (Lipinski definition) is 5. The Kier molecular flexibility index (Phi) is 6.50. The predicted molar refractivity (Wildman–Crippen MR) is 97.3 cm³/mol. The van der Waals surface area contributed by atoms with Crippen molar-refractivity contribution in [1.29, 1.82) is 0 Å². The van der Waals surface area contributed by atoms with Crippen molar-refractivity contribution in [1.82, 2.24) is 10.2 Å². The average molecular weight is 378 g/mol. The molecule has 1 heterocycles. The molecule has 0 aromatic carbocycles. The summed E-state index contributed by atoms with van der Waals surface area (Å²) in [5.74, 6) is -1.66. The van der Waals surface area contributed by atoms with Gasteiger partial charge in [0.25, 0.3) is 5.91 Å². The van der Waals surface area contributed by atoms with Gasteiger partial charge in [-0.05, 0) is 38.5 Å². The molecule has 1 saturated heterocycles. The number of fused-ring (bicyclic) bond motifs is 1. The minimum atomic E-state index is -0.984. The van der Waals surface area contributed by atoms with Crippen LogP contribution in [0.1, 0.15) is 64.7 Å². The van der Waals surface area contributed by atoms with E-state index in [0.717, 1.165) is 30.6 Å². The van der Waals surface area contributed by atoms with Crippen LogP contribution in [0.2, 0.25) is 0 Å². The summed E-state index contributed by atoms with van der Waals surface area (Å²) in [5, 5.41) is 2.81. The molecule has 3 fully saturated rings. The number of nitrogens with zero attached hydrogens (tertiary/aromatic N) is 1.